The van der Waals surface area contributed by atoms with Gasteiger partial charge in [-0.05, 0) is 164 Å². The number of benzene rings is 13. The van der Waals surface area contributed by atoms with E-state index in [1.807, 2.05) is 97.3 Å². The maximum atomic E-state index is 5.39. The Hall–Kier alpha value is -14.6. The molecule has 11 heteroatoms. The molecule has 0 amide bonds. The second-order valence-corrected chi connectivity index (χ2v) is 26.8. The highest BCUT2D eigenvalue weighted by Crippen LogP contribution is 2.44. The first kappa shape index (κ1) is 60.2. The third-order valence-corrected chi connectivity index (χ3v) is 20.7. The van der Waals surface area contributed by atoms with Gasteiger partial charge in [-0.15, -0.1) is 0 Å². The van der Waals surface area contributed by atoms with Gasteiger partial charge in [-0.3, -0.25) is 23.8 Å². The topological polar surface area (TPSA) is 125 Å². The molecule has 0 spiro atoms. The number of rotatable bonds is 8. The van der Waals surface area contributed by atoms with E-state index in [-0.39, 0.29) is 0 Å². The fourth-order valence-electron chi connectivity index (χ4n) is 15.6. The number of pyridine rings is 5. The van der Waals surface area contributed by atoms with E-state index in [0.717, 1.165) is 205 Å². The number of hydrogen-bond donors (Lipinski definition) is 0. The van der Waals surface area contributed by atoms with Gasteiger partial charge in [0, 0.05) is 91.1 Å². The lowest BCUT2D eigenvalue weighted by molar-refractivity contribution is 1.23. The summed E-state index contributed by atoms with van der Waals surface area (Å²) in [6, 6.07) is 110. The molecule has 0 saturated carbocycles. The van der Waals surface area contributed by atoms with Gasteiger partial charge in [0.15, 0.2) is 0 Å². The number of fused-ring (bicyclic) bond motifs is 22. The van der Waals surface area contributed by atoms with E-state index >= 15 is 0 Å². The van der Waals surface area contributed by atoms with Gasteiger partial charge < -0.3 is 0 Å². The number of imidazole rings is 2. The van der Waals surface area contributed by atoms with Crippen LogP contribution in [0.15, 0.2) is 346 Å². The molecule has 22 rings (SSSR count). The van der Waals surface area contributed by atoms with Crippen LogP contribution in [-0.4, -0.2) is 53.7 Å². The molecule has 0 atom stereocenters. The van der Waals surface area contributed by atoms with Crippen molar-refractivity contribution in [2.75, 3.05) is 0 Å². The fourth-order valence-corrected chi connectivity index (χ4v) is 15.6. The summed E-state index contributed by atoms with van der Waals surface area (Å²) in [5.74, 6) is 0. The Labute approximate surface area is 606 Å². The molecule has 0 radical (unpaired) electrons. The van der Waals surface area contributed by atoms with Crippen LogP contribution >= 0.6 is 0 Å². The Morgan fingerprint density at radius 1 is 0.198 bits per heavy atom. The van der Waals surface area contributed by atoms with E-state index in [1.165, 1.54) is 5.39 Å². The molecule has 106 heavy (non-hydrogen) atoms. The van der Waals surface area contributed by atoms with E-state index in [0.29, 0.717) is 0 Å². The molecule has 0 aliphatic rings. The Balaban J connectivity index is 0.000000136. The molecular weight excluding hydrogens is 1300 g/mol. The Kier molecular flexibility index (Phi) is 14.0. The first-order valence-electron chi connectivity index (χ1n) is 35.5. The molecule has 0 aliphatic carbocycles. The third kappa shape index (κ3) is 10.1. The summed E-state index contributed by atoms with van der Waals surface area (Å²) < 4.78 is 4.41. The molecule has 0 N–H and O–H groups in total. The first-order chi connectivity index (χ1) is 52.5. The maximum Gasteiger partial charge on any atom is 0.137 e. The molecule has 0 saturated heterocycles. The van der Waals surface area contributed by atoms with Crippen molar-refractivity contribution < 1.29 is 0 Å². The molecular formula is C95H57N11. The van der Waals surface area contributed by atoms with Crippen molar-refractivity contribution in [2.45, 2.75) is 0 Å². The molecule has 492 valence electrons. The average molecular weight is 1350 g/mol. The second kappa shape index (κ2) is 24.6. The van der Waals surface area contributed by atoms with Crippen molar-refractivity contribution in [3.63, 3.8) is 0 Å². The Bertz CT molecular complexity index is 6860. The minimum absolute atomic E-state index is 0.764. The molecule has 9 heterocycles. The summed E-state index contributed by atoms with van der Waals surface area (Å²) in [6.07, 6.45) is 9.70. The fraction of sp³-hybridized carbons (Fsp3) is 0. The normalized spacial score (nSPS) is 11.8. The van der Waals surface area contributed by atoms with Crippen molar-refractivity contribution in [1.29, 1.82) is 0 Å². The molecule has 0 aliphatic heterocycles. The zero-order valence-electron chi connectivity index (χ0n) is 56.8. The first-order valence-corrected chi connectivity index (χ1v) is 35.5. The monoisotopic (exact) mass is 1350 g/mol. The lowest BCUT2D eigenvalue weighted by Gasteiger charge is -2.13. The van der Waals surface area contributed by atoms with Crippen LogP contribution in [0.5, 0.6) is 0 Å². The van der Waals surface area contributed by atoms with E-state index < -0.39 is 0 Å². The lowest BCUT2D eigenvalue weighted by Crippen LogP contribution is -1.97. The van der Waals surface area contributed by atoms with Gasteiger partial charge in [0.2, 0.25) is 0 Å². The molecule has 0 bridgehead atoms. The van der Waals surface area contributed by atoms with Gasteiger partial charge in [0.05, 0.1) is 78.3 Å². The quantitative estimate of drug-likeness (QED) is 0.137. The lowest BCUT2D eigenvalue weighted by atomic mass is 9.93. The van der Waals surface area contributed by atoms with Crippen molar-refractivity contribution in [3.05, 3.63) is 346 Å². The zero-order chi connectivity index (χ0) is 69.8. The maximum absolute atomic E-state index is 5.39. The van der Waals surface area contributed by atoms with Gasteiger partial charge in [-0.2, -0.15) is 0 Å². The Morgan fingerprint density at radius 2 is 0.538 bits per heavy atom. The molecule has 22 aromatic rings. The van der Waals surface area contributed by atoms with Crippen molar-refractivity contribution in [1.82, 2.24) is 53.7 Å². The van der Waals surface area contributed by atoms with Gasteiger partial charge in [-0.1, -0.05) is 206 Å². The number of hydrogen-bond acceptors (Lipinski definition) is 9. The summed E-state index contributed by atoms with van der Waals surface area (Å²) in [7, 11) is 0. The summed E-state index contributed by atoms with van der Waals surface area (Å²) in [6.45, 7) is 0. The van der Waals surface area contributed by atoms with Gasteiger partial charge >= 0.3 is 0 Å². The summed E-state index contributed by atoms with van der Waals surface area (Å²) in [5.41, 5.74) is 25.3. The van der Waals surface area contributed by atoms with Crippen molar-refractivity contribution >= 4 is 120 Å². The minimum atomic E-state index is 0.764. The van der Waals surface area contributed by atoms with Crippen molar-refractivity contribution in [3.8, 4) is 89.9 Å². The van der Waals surface area contributed by atoms with Crippen LogP contribution in [0.2, 0.25) is 0 Å². The zero-order valence-corrected chi connectivity index (χ0v) is 56.8. The van der Waals surface area contributed by atoms with Gasteiger partial charge in [0.1, 0.15) is 17.0 Å². The van der Waals surface area contributed by atoms with Crippen LogP contribution in [0.4, 0.5) is 0 Å². The molecule has 13 aromatic carbocycles. The Morgan fingerprint density at radius 3 is 0.981 bits per heavy atom. The molecule has 0 fully saturated rings. The van der Waals surface area contributed by atoms with Crippen molar-refractivity contribution in [2.24, 2.45) is 0 Å². The molecule has 0 unspecified atom stereocenters. The predicted molar refractivity (Wildman–Crippen MR) is 433 cm³/mol. The summed E-state index contributed by atoms with van der Waals surface area (Å²) in [5, 5.41) is 13.5. The van der Waals surface area contributed by atoms with Crippen LogP contribution in [0.25, 0.3) is 210 Å². The highest BCUT2D eigenvalue weighted by atomic mass is 15.0. The highest BCUT2D eigenvalue weighted by Gasteiger charge is 2.22. The molecule has 11 nitrogen and oxygen atoms in total. The number of nitrogens with zero attached hydrogens (tertiary/aromatic N) is 11. The van der Waals surface area contributed by atoms with E-state index in [4.69, 9.17) is 34.9 Å². The predicted octanol–water partition coefficient (Wildman–Crippen LogP) is 23.3. The van der Waals surface area contributed by atoms with E-state index in [1.54, 1.807) is 6.20 Å². The number of aromatic nitrogens is 11. The average Bonchev–Trinajstić information content (AvgIpc) is 1.51. The van der Waals surface area contributed by atoms with Gasteiger partial charge in [-0.25, -0.2) is 29.9 Å². The standard InChI is InChI=1S/C48H29N5.C47H28N6/c1-3-11-31(12-4-1)44-45(32-13-5-2-6-14-32)52-46-38-27-33(18-17-30(38)21-24-42(46)50-44)34-19-23-37-40(28-34)39-29-35(41-15-7-9-25-49-41)20-22-36(39)47-48(37)53-26-10-8-16-43(53)51-47;1-2-10-30(11-3-1)43-46(40-13-5-8-24-49-40)52-44-36-26-31(16-15-29(36)19-22-41(44)50-43)32-17-21-35-38(27-32)37-28-33(39-12-4-7-23-48-39)18-20-34(37)45-47(35)53-25-9-6-14-42(53)51-45/h1-29H;1-28H. The smallest absolute Gasteiger partial charge is 0.137 e. The van der Waals surface area contributed by atoms with E-state index in [2.05, 4.69) is 262 Å². The van der Waals surface area contributed by atoms with Crippen LogP contribution in [0.1, 0.15) is 0 Å². The third-order valence-electron chi connectivity index (χ3n) is 20.7. The van der Waals surface area contributed by atoms with Crippen LogP contribution in [0, 0.1) is 0 Å². The van der Waals surface area contributed by atoms with E-state index in [9.17, 15) is 0 Å². The van der Waals surface area contributed by atoms with Crippen LogP contribution in [-0.2, 0) is 0 Å². The van der Waals surface area contributed by atoms with Crippen LogP contribution in [0.3, 0.4) is 0 Å². The SMILES string of the molecule is c1ccc(-c2nc3ccc4ccc(-c5ccc6c(c5)c5cc(-c7ccccn7)ccc5c5nc7ccccn7c65)cc4c3nc2-c2ccccc2)cc1.c1ccc(-c2nc3ccc4ccc(-c5ccc6c(c5)c5cc(-c7ccccn7)ccc5c5nc7ccccn7c65)cc4c3nc2-c2ccccn2)cc1. The minimum Gasteiger partial charge on any atom is -0.299 e. The van der Waals surface area contributed by atoms with Gasteiger partial charge in [0.25, 0.3) is 0 Å². The summed E-state index contributed by atoms with van der Waals surface area (Å²) in [4.78, 5) is 45.5. The summed E-state index contributed by atoms with van der Waals surface area (Å²) >= 11 is 0. The molecule has 9 aromatic heterocycles. The second-order valence-electron chi connectivity index (χ2n) is 26.8. The van der Waals surface area contributed by atoms with Crippen LogP contribution < -0.4 is 0 Å². The highest BCUT2D eigenvalue weighted by molar-refractivity contribution is 6.27. The largest absolute Gasteiger partial charge is 0.299 e.